The minimum Gasteiger partial charge on any atom is -0.309 e. The Morgan fingerprint density at radius 2 is 0.736 bits per heavy atom. The Kier molecular flexibility index (Phi) is 7.23. The molecule has 0 N–H and O–H groups in total. The second kappa shape index (κ2) is 12.5. The normalized spacial score (nSPS) is 11.4. The Balaban J connectivity index is 1.06. The van der Waals surface area contributed by atoms with Gasteiger partial charge in [-0.05, 0) is 90.8 Å². The van der Waals surface area contributed by atoms with E-state index in [0.717, 1.165) is 39.0 Å². The Bertz CT molecular complexity index is 2920. The first kappa shape index (κ1) is 30.6. The van der Waals surface area contributed by atoms with Gasteiger partial charge in [-0.25, -0.2) is 0 Å². The molecule has 0 bridgehead atoms. The van der Waals surface area contributed by atoms with Crippen LogP contribution in [0, 0.1) is 11.3 Å². The highest BCUT2D eigenvalue weighted by molar-refractivity contribution is 6.21. The van der Waals surface area contributed by atoms with Gasteiger partial charge in [0.05, 0.1) is 28.4 Å². The molecule has 0 atom stereocenters. The number of nitriles is 1. The summed E-state index contributed by atoms with van der Waals surface area (Å²) in [6.07, 6.45) is 0. The molecular weight excluding hydrogens is 641 g/mol. The van der Waals surface area contributed by atoms with Gasteiger partial charge in [-0.1, -0.05) is 164 Å². The maximum atomic E-state index is 9.90. The van der Waals surface area contributed by atoms with Crippen molar-refractivity contribution in [2.24, 2.45) is 0 Å². The van der Waals surface area contributed by atoms with Crippen LogP contribution >= 0.6 is 0 Å². The fraction of sp³-hybridized carbons (Fsp3) is 0. The van der Waals surface area contributed by atoms with Crippen LogP contribution in [0.4, 0.5) is 0 Å². The minimum atomic E-state index is 0.640. The number of aromatic nitrogens is 1. The van der Waals surface area contributed by atoms with Crippen LogP contribution in [0.5, 0.6) is 0 Å². The predicted octanol–water partition coefficient (Wildman–Crippen LogP) is 13.6. The van der Waals surface area contributed by atoms with Gasteiger partial charge in [0.15, 0.2) is 0 Å². The van der Waals surface area contributed by atoms with Crippen molar-refractivity contribution in [1.82, 2.24) is 4.57 Å². The SMILES string of the molecule is N#Cc1ccc(-n2c3ccccc3c3ccccc32)c(-c2ccc(-c3ccc(-c4c5ccccc5c(-c5ccccc5)c5ccccc45)cc3)cc2)c1. The zero-order valence-corrected chi connectivity index (χ0v) is 28.9. The molecule has 246 valence electrons. The Labute approximate surface area is 308 Å². The highest BCUT2D eigenvalue weighted by Crippen LogP contribution is 2.44. The molecule has 1 heterocycles. The topological polar surface area (TPSA) is 28.7 Å². The Hall–Kier alpha value is -7.21. The number of nitrogens with zero attached hydrogens (tertiary/aromatic N) is 2. The summed E-state index contributed by atoms with van der Waals surface area (Å²) in [5.74, 6) is 0. The number of para-hydroxylation sites is 2. The molecule has 0 radical (unpaired) electrons. The van der Waals surface area contributed by atoms with E-state index in [9.17, 15) is 5.26 Å². The van der Waals surface area contributed by atoms with Crippen LogP contribution in [0.3, 0.4) is 0 Å². The average Bonchev–Trinajstić information content (AvgIpc) is 3.57. The van der Waals surface area contributed by atoms with Crippen LogP contribution in [-0.4, -0.2) is 4.57 Å². The smallest absolute Gasteiger partial charge is 0.0991 e. The molecule has 0 amide bonds. The van der Waals surface area contributed by atoms with E-state index in [1.54, 1.807) is 0 Å². The molecule has 0 saturated carbocycles. The van der Waals surface area contributed by atoms with E-state index in [-0.39, 0.29) is 0 Å². The lowest BCUT2D eigenvalue weighted by Gasteiger charge is -2.18. The fourth-order valence-electron chi connectivity index (χ4n) is 8.24. The van der Waals surface area contributed by atoms with Gasteiger partial charge < -0.3 is 4.57 Å². The van der Waals surface area contributed by atoms with Gasteiger partial charge in [0, 0.05) is 16.3 Å². The standard InChI is InChI=1S/C51H32N2/c52-33-34-22-31-49(53-47-20-10-8-14-40(47)41-15-9-11-21-48(41)53)46(32-34)37-27-23-35(24-28-37)36-25-29-39(30-26-36)51-44-18-6-4-16-42(44)50(38-12-2-1-3-13-38)43-17-5-7-19-45(43)51/h1-32H. The summed E-state index contributed by atoms with van der Waals surface area (Å²) in [5.41, 5.74) is 13.3. The van der Waals surface area contributed by atoms with Crippen molar-refractivity contribution in [3.63, 3.8) is 0 Å². The van der Waals surface area contributed by atoms with Gasteiger partial charge in [-0.3, -0.25) is 0 Å². The molecule has 0 saturated heterocycles. The molecule has 0 spiro atoms. The summed E-state index contributed by atoms with van der Waals surface area (Å²) in [7, 11) is 0. The summed E-state index contributed by atoms with van der Waals surface area (Å²) in [6.45, 7) is 0. The van der Waals surface area contributed by atoms with Gasteiger partial charge in [-0.15, -0.1) is 0 Å². The van der Waals surface area contributed by atoms with Crippen LogP contribution in [0.1, 0.15) is 5.56 Å². The summed E-state index contributed by atoms with van der Waals surface area (Å²) in [6, 6.07) is 71.5. The second-order valence-electron chi connectivity index (χ2n) is 13.6. The lowest BCUT2D eigenvalue weighted by molar-refractivity contribution is 1.18. The molecule has 0 aliphatic rings. The van der Waals surface area contributed by atoms with Crippen LogP contribution in [0.15, 0.2) is 194 Å². The summed E-state index contributed by atoms with van der Waals surface area (Å²) in [5, 5.41) is 17.3. The lowest BCUT2D eigenvalue weighted by atomic mass is 9.86. The summed E-state index contributed by atoms with van der Waals surface area (Å²) >= 11 is 0. The molecule has 2 nitrogen and oxygen atoms in total. The molecule has 2 heteroatoms. The molecule has 0 unspecified atom stereocenters. The average molecular weight is 673 g/mol. The first-order chi connectivity index (χ1) is 26.3. The van der Waals surface area contributed by atoms with E-state index >= 15 is 0 Å². The third kappa shape index (κ3) is 5.02. The number of hydrogen-bond acceptors (Lipinski definition) is 1. The third-order valence-corrected chi connectivity index (χ3v) is 10.6. The first-order valence-corrected chi connectivity index (χ1v) is 18.0. The van der Waals surface area contributed by atoms with Crippen LogP contribution in [-0.2, 0) is 0 Å². The second-order valence-corrected chi connectivity index (χ2v) is 13.6. The first-order valence-electron chi connectivity index (χ1n) is 18.0. The number of fused-ring (bicyclic) bond motifs is 5. The third-order valence-electron chi connectivity index (χ3n) is 10.6. The monoisotopic (exact) mass is 672 g/mol. The Morgan fingerprint density at radius 1 is 0.340 bits per heavy atom. The summed E-state index contributed by atoms with van der Waals surface area (Å²) in [4.78, 5) is 0. The fourth-order valence-corrected chi connectivity index (χ4v) is 8.24. The van der Waals surface area contributed by atoms with Crippen LogP contribution in [0.2, 0.25) is 0 Å². The van der Waals surface area contributed by atoms with E-state index in [0.29, 0.717) is 5.56 Å². The van der Waals surface area contributed by atoms with Gasteiger partial charge in [0.1, 0.15) is 0 Å². The van der Waals surface area contributed by atoms with Crippen molar-refractivity contribution in [1.29, 1.82) is 5.26 Å². The molecule has 53 heavy (non-hydrogen) atoms. The molecule has 9 aromatic carbocycles. The number of rotatable bonds is 5. The van der Waals surface area contributed by atoms with Gasteiger partial charge in [-0.2, -0.15) is 5.26 Å². The molecule has 0 aliphatic heterocycles. The highest BCUT2D eigenvalue weighted by atomic mass is 15.0. The Morgan fingerprint density at radius 3 is 1.23 bits per heavy atom. The highest BCUT2D eigenvalue weighted by Gasteiger charge is 2.18. The van der Waals surface area contributed by atoms with E-state index in [2.05, 4.69) is 193 Å². The molecule has 1 aromatic heterocycles. The largest absolute Gasteiger partial charge is 0.309 e. The van der Waals surface area contributed by atoms with Crippen molar-refractivity contribution < 1.29 is 0 Å². The molecule has 0 aliphatic carbocycles. The van der Waals surface area contributed by atoms with Gasteiger partial charge >= 0.3 is 0 Å². The maximum Gasteiger partial charge on any atom is 0.0991 e. The number of benzene rings is 9. The molecule has 10 rings (SSSR count). The molecule has 10 aromatic rings. The van der Waals surface area contributed by atoms with Gasteiger partial charge in [0.25, 0.3) is 0 Å². The predicted molar refractivity (Wildman–Crippen MR) is 222 cm³/mol. The van der Waals surface area contributed by atoms with E-state index in [1.165, 1.54) is 54.6 Å². The van der Waals surface area contributed by atoms with Crippen LogP contribution < -0.4 is 0 Å². The van der Waals surface area contributed by atoms with Crippen LogP contribution in [0.25, 0.3) is 93.5 Å². The van der Waals surface area contributed by atoms with E-state index in [1.807, 2.05) is 12.1 Å². The van der Waals surface area contributed by atoms with E-state index in [4.69, 9.17) is 0 Å². The maximum absolute atomic E-state index is 9.90. The number of hydrogen-bond donors (Lipinski definition) is 0. The van der Waals surface area contributed by atoms with E-state index < -0.39 is 0 Å². The zero-order valence-electron chi connectivity index (χ0n) is 28.9. The van der Waals surface area contributed by atoms with Crippen molar-refractivity contribution >= 4 is 43.4 Å². The van der Waals surface area contributed by atoms with Gasteiger partial charge in [0.2, 0.25) is 0 Å². The zero-order chi connectivity index (χ0) is 35.3. The van der Waals surface area contributed by atoms with Crippen molar-refractivity contribution in [2.45, 2.75) is 0 Å². The quantitative estimate of drug-likeness (QED) is 0.167. The lowest BCUT2D eigenvalue weighted by Crippen LogP contribution is -1.98. The summed E-state index contributed by atoms with van der Waals surface area (Å²) < 4.78 is 2.33. The van der Waals surface area contributed by atoms with Crippen molar-refractivity contribution in [3.05, 3.63) is 200 Å². The van der Waals surface area contributed by atoms with Crippen molar-refractivity contribution in [3.8, 4) is 56.3 Å². The minimum absolute atomic E-state index is 0.640. The van der Waals surface area contributed by atoms with Crippen molar-refractivity contribution in [2.75, 3.05) is 0 Å². The molecular formula is C51H32N2. The molecule has 0 fully saturated rings.